The van der Waals surface area contributed by atoms with Gasteiger partial charge in [0.2, 0.25) is 0 Å². The van der Waals surface area contributed by atoms with Crippen LogP contribution in [0, 0.1) is 0 Å². The smallest absolute Gasteiger partial charge is 0.319 e. The van der Waals surface area contributed by atoms with Crippen LogP contribution in [0.1, 0.15) is 24.3 Å². The van der Waals surface area contributed by atoms with Crippen molar-refractivity contribution >= 4 is 23.3 Å². The van der Waals surface area contributed by atoms with Crippen LogP contribution < -0.4 is 0 Å². The number of esters is 1. The number of aliphatic carboxylic acids is 1. The Bertz CT molecular complexity index is 618. The number of carbonyl (C=O) groups excluding carboxylic acids is 1. The van der Waals surface area contributed by atoms with Crippen molar-refractivity contribution in [1.82, 2.24) is 0 Å². The van der Waals surface area contributed by atoms with Crippen LogP contribution in [0.2, 0.25) is 0 Å². The predicted octanol–water partition coefficient (Wildman–Crippen LogP) is 3.02. The van der Waals surface area contributed by atoms with Crippen LogP contribution >= 0.6 is 11.3 Å². The van der Waals surface area contributed by atoms with E-state index in [9.17, 15) is 19.8 Å². The minimum Gasteiger partial charge on any atom is -0.508 e. The zero-order valence-corrected chi connectivity index (χ0v) is 13.4. The lowest BCUT2D eigenvalue weighted by Crippen LogP contribution is -2.32. The van der Waals surface area contributed by atoms with Crippen molar-refractivity contribution in [2.75, 3.05) is 7.11 Å². The average molecular weight is 322 g/mol. The van der Waals surface area contributed by atoms with E-state index in [1.54, 1.807) is 19.1 Å². The van der Waals surface area contributed by atoms with Gasteiger partial charge >= 0.3 is 11.9 Å². The highest BCUT2D eigenvalue weighted by atomic mass is 32.1. The van der Waals surface area contributed by atoms with E-state index in [0.29, 0.717) is 5.56 Å². The molecule has 0 fully saturated rings. The molecule has 2 aromatic rings. The summed E-state index contributed by atoms with van der Waals surface area (Å²) in [5.74, 6) is -1.01. The first kappa shape index (κ1) is 17.7. The molecule has 0 spiro atoms. The third-order valence-electron chi connectivity index (χ3n) is 3.17. The summed E-state index contributed by atoms with van der Waals surface area (Å²) >= 11 is 1.41. The van der Waals surface area contributed by atoms with Gasteiger partial charge in [-0.15, -0.1) is 11.3 Å². The molecule has 22 heavy (non-hydrogen) atoms. The number of hydrogen-bond donors (Lipinski definition) is 2. The molecular formula is C16H18O5S. The zero-order chi connectivity index (χ0) is 16.8. The molecule has 1 aromatic carbocycles. The van der Waals surface area contributed by atoms with Gasteiger partial charge in [0, 0.05) is 11.8 Å². The number of carboxylic acids is 1. The normalized spacial score (nSPS) is 12.5. The third-order valence-corrected chi connectivity index (χ3v) is 4.27. The lowest BCUT2D eigenvalue weighted by Gasteiger charge is -2.24. The largest absolute Gasteiger partial charge is 0.508 e. The molecule has 0 aliphatic heterocycles. The first-order valence-electron chi connectivity index (χ1n) is 6.43. The molecule has 2 rings (SSSR count). The summed E-state index contributed by atoms with van der Waals surface area (Å²) in [5, 5.41) is 20.6. The topological polar surface area (TPSA) is 83.8 Å². The summed E-state index contributed by atoms with van der Waals surface area (Å²) in [4.78, 5) is 21.9. The molecule has 118 valence electrons. The van der Waals surface area contributed by atoms with E-state index in [2.05, 4.69) is 4.74 Å². The van der Waals surface area contributed by atoms with Crippen LogP contribution in [0.3, 0.4) is 0 Å². The van der Waals surface area contributed by atoms with Gasteiger partial charge in [-0.3, -0.25) is 9.59 Å². The Morgan fingerprint density at radius 2 is 1.73 bits per heavy atom. The van der Waals surface area contributed by atoms with Crippen LogP contribution in [0.5, 0.6) is 5.75 Å². The second-order valence-electron chi connectivity index (χ2n) is 4.65. The van der Waals surface area contributed by atoms with Gasteiger partial charge in [-0.2, -0.15) is 0 Å². The van der Waals surface area contributed by atoms with Crippen molar-refractivity contribution in [3.05, 3.63) is 52.2 Å². The molecule has 0 saturated carbocycles. The molecular weight excluding hydrogens is 304 g/mol. The third kappa shape index (κ3) is 4.08. The summed E-state index contributed by atoms with van der Waals surface area (Å²) in [6.07, 6.45) is 0. The quantitative estimate of drug-likeness (QED) is 0.849. The number of ether oxygens (including phenoxy) is 1. The first-order valence-corrected chi connectivity index (χ1v) is 7.31. The number of thiophene rings is 1. The van der Waals surface area contributed by atoms with E-state index >= 15 is 0 Å². The van der Waals surface area contributed by atoms with Gasteiger partial charge in [0.15, 0.2) is 0 Å². The van der Waals surface area contributed by atoms with Crippen LogP contribution in [0.15, 0.2) is 41.8 Å². The van der Waals surface area contributed by atoms with Gasteiger partial charge in [-0.1, -0.05) is 18.2 Å². The van der Waals surface area contributed by atoms with E-state index in [4.69, 9.17) is 0 Å². The van der Waals surface area contributed by atoms with E-state index in [0.717, 1.165) is 4.88 Å². The molecule has 5 nitrogen and oxygen atoms in total. The molecule has 1 atom stereocenters. The van der Waals surface area contributed by atoms with Gasteiger partial charge in [-0.25, -0.2) is 0 Å². The van der Waals surface area contributed by atoms with Crippen molar-refractivity contribution in [3.8, 4) is 5.75 Å². The van der Waals surface area contributed by atoms with E-state index in [1.165, 1.54) is 37.5 Å². The van der Waals surface area contributed by atoms with Crippen LogP contribution in [0.4, 0.5) is 0 Å². The molecule has 0 bridgehead atoms. The maximum atomic E-state index is 11.5. The van der Waals surface area contributed by atoms with E-state index < -0.39 is 11.4 Å². The molecule has 6 heteroatoms. The van der Waals surface area contributed by atoms with Gasteiger partial charge in [-0.05, 0) is 36.1 Å². The van der Waals surface area contributed by atoms with Crippen LogP contribution in [-0.4, -0.2) is 29.3 Å². The van der Waals surface area contributed by atoms with E-state index in [-0.39, 0.29) is 11.7 Å². The molecule has 0 amide bonds. The number of carbonyl (C=O) groups is 2. The maximum absolute atomic E-state index is 11.5. The Hall–Kier alpha value is -2.34. The lowest BCUT2D eigenvalue weighted by atomic mass is 9.81. The van der Waals surface area contributed by atoms with Crippen molar-refractivity contribution in [2.24, 2.45) is 0 Å². The predicted molar refractivity (Wildman–Crippen MR) is 84.2 cm³/mol. The fraction of sp³-hybridized carbons (Fsp3) is 0.250. The SMILES string of the molecule is CC(C(=O)O)(c1ccc(O)cc1)c1cccs1.COC(C)=O. The molecule has 1 aromatic heterocycles. The van der Waals surface area contributed by atoms with Gasteiger partial charge in [0.25, 0.3) is 0 Å². The van der Waals surface area contributed by atoms with Gasteiger partial charge in [0.1, 0.15) is 11.2 Å². The molecule has 0 aliphatic carbocycles. The van der Waals surface area contributed by atoms with Crippen molar-refractivity contribution in [3.63, 3.8) is 0 Å². The summed E-state index contributed by atoms with van der Waals surface area (Å²) in [6, 6.07) is 9.94. The summed E-state index contributed by atoms with van der Waals surface area (Å²) in [6.45, 7) is 3.04. The maximum Gasteiger partial charge on any atom is 0.319 e. The summed E-state index contributed by atoms with van der Waals surface area (Å²) < 4.78 is 4.11. The highest BCUT2D eigenvalue weighted by molar-refractivity contribution is 7.10. The number of methoxy groups -OCH3 is 1. The molecule has 2 N–H and O–H groups in total. The summed E-state index contributed by atoms with van der Waals surface area (Å²) in [7, 11) is 1.35. The van der Waals surface area contributed by atoms with Crippen LogP contribution in [0.25, 0.3) is 0 Å². The lowest BCUT2D eigenvalue weighted by molar-refractivity contribution is -0.141. The zero-order valence-electron chi connectivity index (χ0n) is 12.6. The number of phenols is 1. The Balaban J connectivity index is 0.000000422. The Morgan fingerprint density at radius 1 is 1.18 bits per heavy atom. The minimum absolute atomic E-state index is 0.132. The molecule has 0 radical (unpaired) electrons. The highest BCUT2D eigenvalue weighted by Gasteiger charge is 2.38. The summed E-state index contributed by atoms with van der Waals surface area (Å²) in [5.41, 5.74) is -0.410. The fourth-order valence-corrected chi connectivity index (χ4v) is 2.63. The van der Waals surface area contributed by atoms with Crippen LogP contribution in [-0.2, 0) is 19.7 Å². The van der Waals surface area contributed by atoms with Gasteiger partial charge in [0.05, 0.1) is 7.11 Å². The van der Waals surface area contributed by atoms with Crippen molar-refractivity contribution in [1.29, 1.82) is 0 Å². The number of hydrogen-bond acceptors (Lipinski definition) is 5. The second kappa shape index (κ2) is 7.61. The highest BCUT2D eigenvalue weighted by Crippen LogP contribution is 2.35. The van der Waals surface area contributed by atoms with Crippen molar-refractivity contribution in [2.45, 2.75) is 19.3 Å². The average Bonchev–Trinajstić information content (AvgIpc) is 3.02. The van der Waals surface area contributed by atoms with Crippen molar-refractivity contribution < 1.29 is 24.5 Å². The minimum atomic E-state index is -1.07. The molecule has 1 unspecified atom stereocenters. The number of aromatic hydroxyl groups is 1. The molecule has 0 aliphatic rings. The number of carboxylic acid groups (broad SMARTS) is 1. The second-order valence-corrected chi connectivity index (χ2v) is 5.60. The number of rotatable bonds is 3. The molecule has 1 heterocycles. The monoisotopic (exact) mass is 322 g/mol. The fourth-order valence-electron chi connectivity index (χ4n) is 1.73. The number of benzene rings is 1. The Labute approximate surface area is 132 Å². The number of phenolic OH excluding ortho intramolecular Hbond substituents is 1. The first-order chi connectivity index (χ1) is 10.3. The standard InChI is InChI=1S/C13H12O3S.C3H6O2/c1-13(12(15)16,11-3-2-8-17-11)9-4-6-10(14)7-5-9;1-3(4)5-2/h2-8,14H,1H3,(H,15,16);1-2H3. The Morgan fingerprint density at radius 3 is 2.09 bits per heavy atom. The molecule has 0 saturated heterocycles. The van der Waals surface area contributed by atoms with E-state index in [1.807, 2.05) is 17.5 Å². The van der Waals surface area contributed by atoms with Gasteiger partial charge < -0.3 is 14.9 Å². The Kier molecular flexibility index (Phi) is 6.12.